The number of hydrogen-bond donors (Lipinski definition) is 3. The van der Waals surface area contributed by atoms with E-state index in [-0.39, 0.29) is 6.54 Å². The van der Waals surface area contributed by atoms with Gasteiger partial charge in [-0.15, -0.1) is 0 Å². The van der Waals surface area contributed by atoms with Crippen LogP contribution in [0.4, 0.5) is 10.5 Å². The van der Waals surface area contributed by atoms with Gasteiger partial charge in [0.2, 0.25) is 5.91 Å². The second-order valence-corrected chi connectivity index (χ2v) is 4.68. The zero-order valence-electron chi connectivity index (χ0n) is 11.6. The summed E-state index contributed by atoms with van der Waals surface area (Å²) in [5, 5.41) is 13.8. The lowest BCUT2D eigenvalue weighted by Gasteiger charge is -2.28. The normalized spacial score (nSPS) is 11.4. The van der Waals surface area contributed by atoms with Crippen LogP contribution in [0.1, 0.15) is 6.92 Å². The molecule has 1 aromatic carbocycles. The number of carbonyl (C=O) groups is 3. The van der Waals surface area contributed by atoms with Crippen LogP contribution >= 0.6 is 11.6 Å². The molecule has 0 spiro atoms. The Morgan fingerprint density at radius 3 is 2.33 bits per heavy atom. The Hall–Kier alpha value is -2.28. The summed E-state index contributed by atoms with van der Waals surface area (Å²) in [5.41, 5.74) is 0.515. The summed E-state index contributed by atoms with van der Waals surface area (Å²) in [6.07, 6.45) is 0. The van der Waals surface area contributed by atoms with Crippen molar-refractivity contribution in [2.45, 2.75) is 13.0 Å². The summed E-state index contributed by atoms with van der Waals surface area (Å²) in [5.74, 6) is -1.70. The van der Waals surface area contributed by atoms with Crippen molar-refractivity contribution in [2.75, 3.05) is 18.5 Å². The summed E-state index contributed by atoms with van der Waals surface area (Å²) in [6.45, 7) is 1.12. The molecule has 0 aliphatic rings. The van der Waals surface area contributed by atoms with Crippen LogP contribution in [-0.2, 0) is 9.59 Å². The molecule has 0 aliphatic carbocycles. The standard InChI is InChI=1S/C13H16ClN3O4/c1-8(12(20)16-13(21)15-2)17(7-11(18)19)10-5-3-9(14)4-6-10/h3-6,8H,7H2,1-2H3,(H,18,19)(H2,15,16,20,21). The predicted octanol–water partition coefficient (Wildman–Crippen LogP) is 1.08. The highest BCUT2D eigenvalue weighted by Gasteiger charge is 2.24. The fourth-order valence-electron chi connectivity index (χ4n) is 1.65. The molecule has 7 nitrogen and oxygen atoms in total. The highest BCUT2D eigenvalue weighted by molar-refractivity contribution is 6.30. The summed E-state index contributed by atoms with van der Waals surface area (Å²) >= 11 is 5.78. The molecule has 0 heterocycles. The maximum absolute atomic E-state index is 11.9. The predicted molar refractivity (Wildman–Crippen MR) is 78.5 cm³/mol. The third kappa shape index (κ3) is 4.96. The number of benzene rings is 1. The molecule has 1 unspecified atom stereocenters. The molecule has 0 saturated carbocycles. The number of carboxylic acids is 1. The molecule has 1 atom stereocenters. The van der Waals surface area contributed by atoms with Crippen molar-refractivity contribution in [1.82, 2.24) is 10.6 Å². The highest BCUT2D eigenvalue weighted by Crippen LogP contribution is 2.20. The van der Waals surface area contributed by atoms with E-state index in [0.29, 0.717) is 10.7 Å². The van der Waals surface area contributed by atoms with Gasteiger partial charge < -0.3 is 15.3 Å². The molecule has 0 saturated heterocycles. The third-order valence-electron chi connectivity index (χ3n) is 2.77. The number of carbonyl (C=O) groups excluding carboxylic acids is 2. The van der Waals surface area contributed by atoms with E-state index >= 15 is 0 Å². The highest BCUT2D eigenvalue weighted by atomic mass is 35.5. The Kier molecular flexibility index (Phi) is 5.98. The van der Waals surface area contributed by atoms with E-state index in [1.165, 1.54) is 18.9 Å². The number of urea groups is 1. The molecule has 3 amide bonds. The van der Waals surface area contributed by atoms with E-state index in [4.69, 9.17) is 16.7 Å². The first-order chi connectivity index (χ1) is 9.85. The van der Waals surface area contributed by atoms with Crippen LogP contribution in [0.25, 0.3) is 0 Å². The van der Waals surface area contributed by atoms with Crippen LogP contribution in [-0.4, -0.2) is 42.6 Å². The van der Waals surface area contributed by atoms with E-state index in [1.807, 2.05) is 0 Å². The molecule has 1 aromatic rings. The number of amides is 3. The second kappa shape index (κ2) is 7.49. The van der Waals surface area contributed by atoms with Crippen molar-refractivity contribution >= 4 is 35.2 Å². The van der Waals surface area contributed by atoms with Gasteiger partial charge in [-0.1, -0.05) is 11.6 Å². The second-order valence-electron chi connectivity index (χ2n) is 4.24. The quantitative estimate of drug-likeness (QED) is 0.755. The molecular formula is C13H16ClN3O4. The van der Waals surface area contributed by atoms with Gasteiger partial charge in [-0.2, -0.15) is 0 Å². The minimum Gasteiger partial charge on any atom is -0.480 e. The number of anilines is 1. The number of aliphatic carboxylic acids is 1. The third-order valence-corrected chi connectivity index (χ3v) is 3.03. The molecule has 0 aromatic heterocycles. The summed E-state index contributed by atoms with van der Waals surface area (Å²) < 4.78 is 0. The van der Waals surface area contributed by atoms with Crippen molar-refractivity contribution in [1.29, 1.82) is 0 Å². The Balaban J connectivity index is 2.96. The van der Waals surface area contributed by atoms with E-state index in [1.54, 1.807) is 24.3 Å². The van der Waals surface area contributed by atoms with E-state index in [2.05, 4.69) is 10.6 Å². The molecule has 3 N–H and O–H groups in total. The molecule has 21 heavy (non-hydrogen) atoms. The maximum Gasteiger partial charge on any atom is 0.323 e. The number of nitrogens with zero attached hydrogens (tertiary/aromatic N) is 1. The number of nitrogens with one attached hydrogen (secondary N) is 2. The van der Waals surface area contributed by atoms with Crippen LogP contribution < -0.4 is 15.5 Å². The Labute approximate surface area is 126 Å². The number of carboxylic acid groups (broad SMARTS) is 1. The van der Waals surface area contributed by atoms with Crippen LogP contribution in [0, 0.1) is 0 Å². The lowest BCUT2D eigenvalue weighted by Crippen LogP contribution is -2.50. The minimum atomic E-state index is -1.09. The van der Waals surface area contributed by atoms with E-state index in [9.17, 15) is 14.4 Å². The minimum absolute atomic E-state index is 0.385. The van der Waals surface area contributed by atoms with Crippen molar-refractivity contribution < 1.29 is 19.5 Å². The number of imide groups is 1. The summed E-state index contributed by atoms with van der Waals surface area (Å²) in [6, 6.07) is 4.89. The van der Waals surface area contributed by atoms with Crippen molar-refractivity contribution in [3.8, 4) is 0 Å². The van der Waals surface area contributed by atoms with Gasteiger partial charge in [-0.25, -0.2) is 4.79 Å². The topological polar surface area (TPSA) is 98.7 Å². The zero-order chi connectivity index (χ0) is 16.0. The van der Waals surface area contributed by atoms with Gasteiger partial charge in [-0.3, -0.25) is 14.9 Å². The molecule has 114 valence electrons. The lowest BCUT2D eigenvalue weighted by molar-refractivity contribution is -0.135. The zero-order valence-corrected chi connectivity index (χ0v) is 12.3. The number of halogens is 1. The molecule has 1 rings (SSSR count). The van der Waals surface area contributed by atoms with Crippen LogP contribution in [0.5, 0.6) is 0 Å². The van der Waals surface area contributed by atoms with Crippen molar-refractivity contribution in [2.24, 2.45) is 0 Å². The van der Waals surface area contributed by atoms with E-state index < -0.39 is 23.9 Å². The maximum atomic E-state index is 11.9. The Bertz CT molecular complexity index is 533. The molecule has 0 radical (unpaired) electrons. The van der Waals surface area contributed by atoms with Gasteiger partial charge in [-0.05, 0) is 31.2 Å². The molecule has 0 fully saturated rings. The Morgan fingerprint density at radius 2 is 1.86 bits per heavy atom. The van der Waals surface area contributed by atoms with Gasteiger partial charge in [0.15, 0.2) is 0 Å². The summed E-state index contributed by atoms with van der Waals surface area (Å²) in [7, 11) is 1.38. The first-order valence-electron chi connectivity index (χ1n) is 6.11. The Morgan fingerprint density at radius 1 is 1.29 bits per heavy atom. The van der Waals surface area contributed by atoms with Crippen molar-refractivity contribution in [3.05, 3.63) is 29.3 Å². The first-order valence-corrected chi connectivity index (χ1v) is 6.49. The SMILES string of the molecule is CNC(=O)NC(=O)C(C)N(CC(=O)O)c1ccc(Cl)cc1. The average Bonchev–Trinajstić information content (AvgIpc) is 2.44. The monoisotopic (exact) mass is 313 g/mol. The van der Waals surface area contributed by atoms with Crippen LogP contribution in [0.15, 0.2) is 24.3 Å². The largest absolute Gasteiger partial charge is 0.480 e. The smallest absolute Gasteiger partial charge is 0.323 e. The average molecular weight is 314 g/mol. The fourth-order valence-corrected chi connectivity index (χ4v) is 1.78. The van der Waals surface area contributed by atoms with Gasteiger partial charge in [0.05, 0.1) is 0 Å². The van der Waals surface area contributed by atoms with Crippen LogP contribution in [0.2, 0.25) is 5.02 Å². The van der Waals surface area contributed by atoms with Gasteiger partial charge in [0, 0.05) is 17.8 Å². The summed E-state index contributed by atoms with van der Waals surface area (Å²) in [4.78, 5) is 35.4. The van der Waals surface area contributed by atoms with Crippen LogP contribution in [0.3, 0.4) is 0 Å². The van der Waals surface area contributed by atoms with Gasteiger partial charge >= 0.3 is 12.0 Å². The molecule has 8 heteroatoms. The molecule has 0 bridgehead atoms. The molecular weight excluding hydrogens is 298 g/mol. The van der Waals surface area contributed by atoms with E-state index in [0.717, 1.165) is 0 Å². The number of rotatable bonds is 5. The van der Waals surface area contributed by atoms with Gasteiger partial charge in [0.25, 0.3) is 0 Å². The first kappa shape index (κ1) is 16.8. The lowest BCUT2D eigenvalue weighted by atomic mass is 10.2. The van der Waals surface area contributed by atoms with Crippen molar-refractivity contribution in [3.63, 3.8) is 0 Å². The number of hydrogen-bond acceptors (Lipinski definition) is 4. The van der Waals surface area contributed by atoms with Gasteiger partial charge in [0.1, 0.15) is 12.6 Å². The fraction of sp³-hybridized carbons (Fsp3) is 0.308. The molecule has 0 aliphatic heterocycles.